The molecular weight excluding hydrogens is 264 g/mol. The number of carbonyl (C=O) groups excluding carboxylic acids is 1. The maximum absolute atomic E-state index is 12.3. The molecule has 0 aliphatic carbocycles. The molecule has 0 saturated heterocycles. The second-order valence-corrected chi connectivity index (χ2v) is 4.69. The molecule has 0 unspecified atom stereocenters. The quantitative estimate of drug-likeness (QED) is 0.741. The molecule has 1 aromatic heterocycles. The van der Waals surface area contributed by atoms with Gasteiger partial charge in [0, 0.05) is 28.9 Å². The molecule has 1 amide bonds. The Labute approximate surface area is 123 Å². The van der Waals surface area contributed by atoms with E-state index in [0.29, 0.717) is 18.7 Å². The van der Waals surface area contributed by atoms with E-state index in [4.69, 9.17) is 5.73 Å². The zero-order chi connectivity index (χ0) is 15.2. The first-order chi connectivity index (χ1) is 10.1. The molecule has 4 N–H and O–H groups in total. The molecule has 0 fully saturated rings. The lowest BCUT2D eigenvalue weighted by molar-refractivity contribution is 0.0950. The minimum Gasteiger partial charge on any atom is -0.348 e. The number of aromatic amines is 1. The number of nitrogens with two attached hydrogens (primary N) is 1. The summed E-state index contributed by atoms with van der Waals surface area (Å²) in [4.78, 5) is 12.3. The van der Waals surface area contributed by atoms with Gasteiger partial charge in [0.25, 0.3) is 5.91 Å². The number of benzene rings is 1. The SMILES string of the molecule is Cc1[nH]ncc1CNC(=O)c1cccc(C#CCN)c1C. The summed E-state index contributed by atoms with van der Waals surface area (Å²) in [6.45, 7) is 4.55. The Bertz CT molecular complexity index is 707. The summed E-state index contributed by atoms with van der Waals surface area (Å²) >= 11 is 0. The van der Waals surface area contributed by atoms with Crippen molar-refractivity contribution in [3.05, 3.63) is 52.3 Å². The molecule has 0 atom stereocenters. The van der Waals surface area contributed by atoms with Crippen LogP contribution >= 0.6 is 0 Å². The lowest BCUT2D eigenvalue weighted by atomic mass is 10.0. The highest BCUT2D eigenvalue weighted by Gasteiger charge is 2.11. The van der Waals surface area contributed by atoms with Crippen LogP contribution in [0.5, 0.6) is 0 Å². The van der Waals surface area contributed by atoms with E-state index in [1.165, 1.54) is 0 Å². The molecule has 1 aromatic carbocycles. The lowest BCUT2D eigenvalue weighted by Crippen LogP contribution is -2.24. The summed E-state index contributed by atoms with van der Waals surface area (Å²) in [7, 11) is 0. The van der Waals surface area contributed by atoms with E-state index in [1.807, 2.05) is 26.0 Å². The molecule has 21 heavy (non-hydrogen) atoms. The van der Waals surface area contributed by atoms with Crippen molar-refractivity contribution in [2.24, 2.45) is 5.73 Å². The molecule has 0 aliphatic heterocycles. The Morgan fingerprint density at radius 2 is 2.24 bits per heavy atom. The van der Waals surface area contributed by atoms with Gasteiger partial charge in [0.05, 0.1) is 12.7 Å². The highest BCUT2D eigenvalue weighted by molar-refractivity contribution is 5.96. The second-order valence-electron chi connectivity index (χ2n) is 4.69. The Morgan fingerprint density at radius 3 is 2.90 bits per heavy atom. The molecule has 5 heteroatoms. The van der Waals surface area contributed by atoms with E-state index in [-0.39, 0.29) is 5.91 Å². The number of carbonyl (C=O) groups is 1. The Balaban J connectivity index is 2.14. The minimum atomic E-state index is -0.121. The van der Waals surface area contributed by atoms with E-state index < -0.39 is 0 Å². The van der Waals surface area contributed by atoms with Gasteiger partial charge in [0.1, 0.15) is 0 Å². The zero-order valence-corrected chi connectivity index (χ0v) is 12.2. The number of rotatable bonds is 3. The van der Waals surface area contributed by atoms with Gasteiger partial charge in [0.15, 0.2) is 0 Å². The molecule has 0 saturated carbocycles. The number of aromatic nitrogens is 2. The first-order valence-corrected chi connectivity index (χ1v) is 6.69. The van der Waals surface area contributed by atoms with Crippen molar-refractivity contribution < 1.29 is 4.79 Å². The average Bonchev–Trinajstić information content (AvgIpc) is 2.89. The van der Waals surface area contributed by atoms with Crippen LogP contribution in [0, 0.1) is 25.7 Å². The Hall–Kier alpha value is -2.58. The van der Waals surface area contributed by atoms with Crippen molar-refractivity contribution in [3.8, 4) is 11.8 Å². The topological polar surface area (TPSA) is 83.8 Å². The van der Waals surface area contributed by atoms with E-state index >= 15 is 0 Å². The fraction of sp³-hybridized carbons (Fsp3) is 0.250. The summed E-state index contributed by atoms with van der Waals surface area (Å²) in [5, 5.41) is 9.67. The Morgan fingerprint density at radius 1 is 1.43 bits per heavy atom. The van der Waals surface area contributed by atoms with Gasteiger partial charge in [-0.15, -0.1) is 0 Å². The number of hydrogen-bond acceptors (Lipinski definition) is 3. The number of hydrogen-bond donors (Lipinski definition) is 3. The van der Waals surface area contributed by atoms with Crippen LogP contribution in [0.3, 0.4) is 0 Å². The van der Waals surface area contributed by atoms with Gasteiger partial charge in [-0.1, -0.05) is 17.9 Å². The normalized spacial score (nSPS) is 9.86. The summed E-state index contributed by atoms with van der Waals surface area (Å²) in [5.74, 6) is 5.66. The van der Waals surface area contributed by atoms with Crippen LogP contribution in [0.25, 0.3) is 0 Å². The van der Waals surface area contributed by atoms with E-state index in [9.17, 15) is 4.79 Å². The molecule has 0 aliphatic rings. The van der Waals surface area contributed by atoms with E-state index in [1.54, 1.807) is 12.3 Å². The molecule has 0 radical (unpaired) electrons. The highest BCUT2D eigenvalue weighted by Crippen LogP contribution is 2.13. The number of aryl methyl sites for hydroxylation is 1. The molecule has 1 heterocycles. The summed E-state index contributed by atoms with van der Waals surface area (Å²) in [5.41, 5.74) is 9.62. The van der Waals surface area contributed by atoms with Crippen LogP contribution in [-0.2, 0) is 6.54 Å². The largest absolute Gasteiger partial charge is 0.348 e. The summed E-state index contributed by atoms with van der Waals surface area (Å²) in [6, 6.07) is 5.50. The van der Waals surface area contributed by atoms with Gasteiger partial charge in [-0.25, -0.2) is 0 Å². The van der Waals surface area contributed by atoms with Crippen molar-refractivity contribution in [1.82, 2.24) is 15.5 Å². The maximum Gasteiger partial charge on any atom is 0.251 e. The third-order valence-electron chi connectivity index (χ3n) is 3.28. The summed E-state index contributed by atoms with van der Waals surface area (Å²) in [6.07, 6.45) is 1.71. The molecule has 2 rings (SSSR count). The van der Waals surface area contributed by atoms with Gasteiger partial charge in [-0.3, -0.25) is 9.89 Å². The van der Waals surface area contributed by atoms with Crippen molar-refractivity contribution in [2.75, 3.05) is 6.54 Å². The lowest BCUT2D eigenvalue weighted by Gasteiger charge is -2.08. The predicted molar refractivity (Wildman–Crippen MR) is 81.6 cm³/mol. The van der Waals surface area contributed by atoms with Crippen LogP contribution in [0.2, 0.25) is 0 Å². The third kappa shape index (κ3) is 3.50. The van der Waals surface area contributed by atoms with Crippen LogP contribution in [0.15, 0.2) is 24.4 Å². The number of nitrogens with one attached hydrogen (secondary N) is 2. The van der Waals surface area contributed by atoms with Gasteiger partial charge >= 0.3 is 0 Å². The first-order valence-electron chi connectivity index (χ1n) is 6.69. The van der Waals surface area contributed by atoms with Gasteiger partial charge < -0.3 is 11.1 Å². The van der Waals surface area contributed by atoms with Crippen molar-refractivity contribution in [2.45, 2.75) is 20.4 Å². The van der Waals surface area contributed by atoms with Crippen molar-refractivity contribution >= 4 is 5.91 Å². The van der Waals surface area contributed by atoms with E-state index in [2.05, 4.69) is 27.4 Å². The molecule has 0 spiro atoms. The predicted octanol–water partition coefficient (Wildman–Crippen LogP) is 1.27. The van der Waals surface area contributed by atoms with Crippen molar-refractivity contribution in [3.63, 3.8) is 0 Å². The molecule has 2 aromatic rings. The van der Waals surface area contributed by atoms with E-state index in [0.717, 1.165) is 22.4 Å². The van der Waals surface area contributed by atoms with Crippen molar-refractivity contribution in [1.29, 1.82) is 0 Å². The molecule has 0 bridgehead atoms. The highest BCUT2D eigenvalue weighted by atomic mass is 16.1. The fourth-order valence-electron chi connectivity index (χ4n) is 1.99. The minimum absolute atomic E-state index is 0.121. The molecule has 5 nitrogen and oxygen atoms in total. The first kappa shape index (κ1) is 14.8. The van der Waals surface area contributed by atoms with Gasteiger partial charge in [-0.05, 0) is 31.5 Å². The average molecular weight is 282 g/mol. The smallest absolute Gasteiger partial charge is 0.251 e. The monoisotopic (exact) mass is 282 g/mol. The van der Waals surface area contributed by atoms with Crippen LogP contribution in [-0.4, -0.2) is 22.6 Å². The number of H-pyrrole nitrogens is 1. The number of nitrogens with zero attached hydrogens (tertiary/aromatic N) is 1. The fourth-order valence-corrected chi connectivity index (χ4v) is 1.99. The zero-order valence-electron chi connectivity index (χ0n) is 12.2. The van der Waals surface area contributed by atoms with Crippen LogP contribution in [0.1, 0.15) is 32.7 Å². The summed E-state index contributed by atoms with van der Waals surface area (Å²) < 4.78 is 0. The number of amides is 1. The van der Waals surface area contributed by atoms with Gasteiger partial charge in [-0.2, -0.15) is 5.10 Å². The standard InChI is InChI=1S/C16H18N4O/c1-11-13(6-4-8-17)5-3-7-15(11)16(21)18-9-14-10-19-20-12(14)2/h3,5,7,10H,8-9,17H2,1-2H3,(H,18,21)(H,19,20). The maximum atomic E-state index is 12.3. The third-order valence-corrected chi connectivity index (χ3v) is 3.28. The second kappa shape index (κ2) is 6.73. The molecule has 108 valence electrons. The Kier molecular flexibility index (Phi) is 4.75. The molecular formula is C16H18N4O. The van der Waals surface area contributed by atoms with Gasteiger partial charge in [0.2, 0.25) is 0 Å². The van der Waals surface area contributed by atoms with Crippen LogP contribution in [0.4, 0.5) is 0 Å². The van der Waals surface area contributed by atoms with Crippen LogP contribution < -0.4 is 11.1 Å².